The first kappa shape index (κ1) is 14.0. The van der Waals surface area contributed by atoms with E-state index in [1.807, 2.05) is 12.1 Å². The van der Waals surface area contributed by atoms with Gasteiger partial charge >= 0.3 is 0 Å². The van der Waals surface area contributed by atoms with Gasteiger partial charge in [0.2, 0.25) is 5.91 Å². The molecule has 0 saturated carbocycles. The van der Waals surface area contributed by atoms with Crippen molar-refractivity contribution in [3.05, 3.63) is 54.1 Å². The molecular weight excluding hydrogens is 280 g/mol. The van der Waals surface area contributed by atoms with Gasteiger partial charge in [-0.1, -0.05) is 37.3 Å². The Balaban J connectivity index is 1.66. The van der Waals surface area contributed by atoms with Crippen molar-refractivity contribution in [2.24, 2.45) is 0 Å². The van der Waals surface area contributed by atoms with Gasteiger partial charge in [0.1, 0.15) is 0 Å². The monoisotopic (exact) mass is 298 g/mol. The maximum atomic E-state index is 11.4. The maximum Gasteiger partial charge on any atom is 0.234 e. The van der Waals surface area contributed by atoms with Crippen LogP contribution in [-0.2, 0) is 4.79 Å². The van der Waals surface area contributed by atoms with Crippen molar-refractivity contribution in [2.45, 2.75) is 17.7 Å². The third-order valence-electron chi connectivity index (χ3n) is 3.59. The average Bonchev–Trinajstić information content (AvgIpc) is 2.53. The maximum absolute atomic E-state index is 11.4. The predicted octanol–water partition coefficient (Wildman–Crippen LogP) is 3.95. The molecule has 2 aromatic carbocycles. The molecule has 1 heterocycles. The van der Waals surface area contributed by atoms with Crippen molar-refractivity contribution in [3.63, 3.8) is 0 Å². The van der Waals surface area contributed by atoms with Crippen LogP contribution in [0.15, 0.2) is 53.4 Å². The van der Waals surface area contributed by atoms with Crippen LogP contribution in [0.1, 0.15) is 18.4 Å². The fourth-order valence-corrected chi connectivity index (χ4v) is 3.15. The highest BCUT2D eigenvalue weighted by molar-refractivity contribution is 8.00. The van der Waals surface area contributed by atoms with Crippen LogP contribution in [0, 0.1) is 0 Å². The van der Waals surface area contributed by atoms with Crippen LogP contribution in [0.25, 0.3) is 0 Å². The molecule has 3 rings (SSSR count). The highest BCUT2D eigenvalue weighted by Gasteiger charge is 2.15. The lowest BCUT2D eigenvalue weighted by atomic mass is 10.0. The molecule has 21 heavy (non-hydrogen) atoms. The van der Waals surface area contributed by atoms with Gasteiger partial charge < -0.3 is 10.6 Å². The van der Waals surface area contributed by atoms with Gasteiger partial charge in [0.05, 0.1) is 11.4 Å². The van der Waals surface area contributed by atoms with E-state index in [1.165, 1.54) is 5.56 Å². The number of hydrogen-bond donors (Lipinski definition) is 2. The number of carbonyl (C=O) groups excluding carboxylic acids is 1. The number of rotatable bonds is 4. The van der Waals surface area contributed by atoms with Crippen LogP contribution in [0.3, 0.4) is 0 Å². The summed E-state index contributed by atoms with van der Waals surface area (Å²) >= 11 is 1.59. The molecule has 0 spiro atoms. The predicted molar refractivity (Wildman–Crippen MR) is 89.1 cm³/mol. The minimum atomic E-state index is 0.0716. The van der Waals surface area contributed by atoms with Crippen LogP contribution in [0.5, 0.6) is 0 Å². The molecule has 2 aromatic rings. The SMILES string of the molecule is CC(CNc1ccc2c(c1)NC(=O)CS2)c1ccccc1. The Morgan fingerprint density at radius 3 is 2.86 bits per heavy atom. The fraction of sp³-hybridized carbons (Fsp3) is 0.235. The van der Waals surface area contributed by atoms with Crippen LogP contribution in [-0.4, -0.2) is 18.2 Å². The van der Waals surface area contributed by atoms with E-state index in [-0.39, 0.29) is 5.91 Å². The van der Waals surface area contributed by atoms with Gasteiger partial charge in [0.25, 0.3) is 0 Å². The normalized spacial score (nSPS) is 15.0. The van der Waals surface area contributed by atoms with E-state index < -0.39 is 0 Å². The number of amides is 1. The summed E-state index contributed by atoms with van der Waals surface area (Å²) in [7, 11) is 0. The van der Waals surface area contributed by atoms with Crippen molar-refractivity contribution >= 4 is 29.0 Å². The molecule has 1 amide bonds. The zero-order chi connectivity index (χ0) is 14.7. The molecule has 0 saturated heterocycles. The molecule has 108 valence electrons. The number of thioether (sulfide) groups is 1. The molecule has 1 unspecified atom stereocenters. The number of hydrogen-bond acceptors (Lipinski definition) is 3. The van der Waals surface area contributed by atoms with E-state index in [1.54, 1.807) is 11.8 Å². The Bertz CT molecular complexity index is 642. The van der Waals surface area contributed by atoms with Gasteiger partial charge in [0.15, 0.2) is 0 Å². The molecule has 0 radical (unpaired) electrons. The van der Waals surface area contributed by atoms with E-state index in [4.69, 9.17) is 0 Å². The van der Waals surface area contributed by atoms with Gasteiger partial charge in [0, 0.05) is 17.1 Å². The number of anilines is 2. The summed E-state index contributed by atoms with van der Waals surface area (Å²) < 4.78 is 0. The lowest BCUT2D eigenvalue weighted by Crippen LogP contribution is -2.19. The van der Waals surface area contributed by atoms with Crippen LogP contribution in [0.2, 0.25) is 0 Å². The Hall–Kier alpha value is -1.94. The van der Waals surface area contributed by atoms with E-state index in [2.05, 4.69) is 54.0 Å². The lowest BCUT2D eigenvalue weighted by Gasteiger charge is -2.19. The summed E-state index contributed by atoms with van der Waals surface area (Å²) in [5.74, 6) is 1.01. The topological polar surface area (TPSA) is 41.1 Å². The van der Waals surface area contributed by atoms with Crippen molar-refractivity contribution in [1.82, 2.24) is 0 Å². The quantitative estimate of drug-likeness (QED) is 0.898. The second-order valence-electron chi connectivity index (χ2n) is 5.24. The van der Waals surface area contributed by atoms with Crippen LogP contribution < -0.4 is 10.6 Å². The molecule has 3 nitrogen and oxygen atoms in total. The summed E-state index contributed by atoms with van der Waals surface area (Å²) in [5, 5.41) is 6.37. The van der Waals surface area contributed by atoms with Gasteiger partial charge in [-0.3, -0.25) is 4.79 Å². The summed E-state index contributed by atoms with van der Waals surface area (Å²) in [5.41, 5.74) is 3.28. The van der Waals surface area contributed by atoms with Gasteiger partial charge in [-0.25, -0.2) is 0 Å². The Morgan fingerprint density at radius 2 is 2.05 bits per heavy atom. The smallest absolute Gasteiger partial charge is 0.234 e. The molecule has 1 aliphatic heterocycles. The average molecular weight is 298 g/mol. The summed E-state index contributed by atoms with van der Waals surface area (Å²) in [6.45, 7) is 3.07. The van der Waals surface area contributed by atoms with Crippen molar-refractivity contribution in [3.8, 4) is 0 Å². The highest BCUT2D eigenvalue weighted by atomic mass is 32.2. The Labute approximate surface area is 129 Å². The van der Waals surface area contributed by atoms with Crippen molar-refractivity contribution in [1.29, 1.82) is 0 Å². The first-order chi connectivity index (χ1) is 10.2. The molecule has 2 N–H and O–H groups in total. The number of fused-ring (bicyclic) bond motifs is 1. The van der Waals surface area contributed by atoms with E-state index in [9.17, 15) is 4.79 Å². The second kappa shape index (κ2) is 6.22. The second-order valence-corrected chi connectivity index (χ2v) is 6.26. The third kappa shape index (κ3) is 3.39. The number of nitrogens with one attached hydrogen (secondary N) is 2. The molecule has 0 bridgehead atoms. The summed E-state index contributed by atoms with van der Waals surface area (Å²) in [6, 6.07) is 16.6. The zero-order valence-corrected chi connectivity index (χ0v) is 12.7. The third-order valence-corrected chi connectivity index (χ3v) is 4.67. The molecule has 1 aliphatic rings. The number of benzene rings is 2. The van der Waals surface area contributed by atoms with Crippen molar-refractivity contribution < 1.29 is 4.79 Å². The number of carbonyl (C=O) groups is 1. The minimum Gasteiger partial charge on any atom is -0.384 e. The summed E-state index contributed by atoms with van der Waals surface area (Å²) in [4.78, 5) is 12.6. The largest absolute Gasteiger partial charge is 0.384 e. The minimum absolute atomic E-state index is 0.0716. The Kier molecular flexibility index (Phi) is 4.15. The van der Waals surface area contributed by atoms with Crippen LogP contribution in [0.4, 0.5) is 11.4 Å². The fourth-order valence-electron chi connectivity index (χ4n) is 2.36. The van der Waals surface area contributed by atoms with Crippen molar-refractivity contribution in [2.75, 3.05) is 22.9 Å². The zero-order valence-electron chi connectivity index (χ0n) is 11.9. The van der Waals surface area contributed by atoms with Gasteiger partial charge in [-0.05, 0) is 29.7 Å². The Morgan fingerprint density at radius 1 is 1.24 bits per heavy atom. The van der Waals surface area contributed by atoms with E-state index in [0.29, 0.717) is 11.7 Å². The van der Waals surface area contributed by atoms with Gasteiger partial charge in [-0.15, -0.1) is 11.8 Å². The summed E-state index contributed by atoms with van der Waals surface area (Å²) in [6.07, 6.45) is 0. The molecule has 0 aliphatic carbocycles. The van der Waals surface area contributed by atoms with Crippen LogP contribution >= 0.6 is 11.8 Å². The molecule has 4 heteroatoms. The first-order valence-electron chi connectivity index (χ1n) is 7.08. The molecule has 1 atom stereocenters. The first-order valence-corrected chi connectivity index (χ1v) is 8.06. The lowest BCUT2D eigenvalue weighted by molar-refractivity contribution is -0.113. The van der Waals surface area contributed by atoms with Gasteiger partial charge in [-0.2, -0.15) is 0 Å². The molecule has 0 fully saturated rings. The molecule has 0 aromatic heterocycles. The van der Waals surface area contributed by atoms with E-state index >= 15 is 0 Å². The van der Waals surface area contributed by atoms with E-state index in [0.717, 1.165) is 22.8 Å². The molecular formula is C17H18N2OS. The standard InChI is InChI=1S/C17H18N2OS/c1-12(13-5-3-2-4-6-13)10-18-14-7-8-16-15(9-14)19-17(20)11-21-16/h2-9,12,18H,10-11H2,1H3,(H,19,20). The highest BCUT2D eigenvalue weighted by Crippen LogP contribution is 2.33.